The van der Waals surface area contributed by atoms with Crippen LogP contribution in [0.25, 0.3) is 0 Å². The van der Waals surface area contributed by atoms with Crippen LogP contribution in [0.15, 0.2) is 6.07 Å². The Morgan fingerprint density at radius 2 is 2.43 bits per heavy atom. The highest BCUT2D eigenvalue weighted by Gasteiger charge is 2.22. The molecule has 0 fully saturated rings. The first-order chi connectivity index (χ1) is 6.77. The van der Waals surface area contributed by atoms with Crippen molar-refractivity contribution in [3.05, 3.63) is 22.2 Å². The van der Waals surface area contributed by atoms with Crippen LogP contribution in [0.4, 0.5) is 0 Å². The van der Waals surface area contributed by atoms with Gasteiger partial charge in [-0.2, -0.15) is 0 Å². The van der Waals surface area contributed by atoms with Crippen molar-refractivity contribution >= 4 is 11.6 Å². The fourth-order valence-corrected chi connectivity index (χ4v) is 1.93. The molecule has 0 aromatic heterocycles. The van der Waals surface area contributed by atoms with E-state index in [0.717, 1.165) is 17.7 Å². The Morgan fingerprint density at radius 3 is 3.07 bits per heavy atom. The van der Waals surface area contributed by atoms with Crippen molar-refractivity contribution in [2.24, 2.45) is 0 Å². The molecule has 0 saturated heterocycles. The van der Waals surface area contributed by atoms with Gasteiger partial charge in [0.1, 0.15) is 0 Å². The number of aliphatic hydroxyl groups is 1. The number of ether oxygens (including phenoxy) is 2. The maximum atomic E-state index is 9.09. The number of hydrogen-bond acceptors (Lipinski definition) is 3. The molecular weight excluding hydrogens is 204 g/mol. The Hall–Kier alpha value is -0.930. The normalized spacial score (nSPS) is 13.6. The van der Waals surface area contributed by atoms with Crippen molar-refractivity contribution in [1.82, 2.24) is 0 Å². The van der Waals surface area contributed by atoms with Crippen molar-refractivity contribution in [2.75, 3.05) is 13.7 Å². The lowest BCUT2D eigenvalue weighted by molar-refractivity contribution is 0.280. The third-order valence-corrected chi connectivity index (χ3v) is 2.81. The number of benzene rings is 1. The van der Waals surface area contributed by atoms with Crippen LogP contribution in [0.3, 0.4) is 0 Å². The summed E-state index contributed by atoms with van der Waals surface area (Å²) in [6.45, 7) is 0.544. The van der Waals surface area contributed by atoms with E-state index in [-0.39, 0.29) is 6.61 Å². The first-order valence-electron chi connectivity index (χ1n) is 4.39. The van der Waals surface area contributed by atoms with Gasteiger partial charge in [-0.1, -0.05) is 11.6 Å². The van der Waals surface area contributed by atoms with E-state index in [0.29, 0.717) is 22.9 Å². The highest BCUT2D eigenvalue weighted by Crippen LogP contribution is 2.41. The lowest BCUT2D eigenvalue weighted by atomic mass is 10.1. The van der Waals surface area contributed by atoms with E-state index >= 15 is 0 Å². The summed E-state index contributed by atoms with van der Waals surface area (Å²) in [4.78, 5) is 0. The van der Waals surface area contributed by atoms with Gasteiger partial charge in [-0.25, -0.2) is 0 Å². The highest BCUT2D eigenvalue weighted by molar-refractivity contribution is 6.32. The Bertz CT molecular complexity index is 363. The zero-order valence-corrected chi connectivity index (χ0v) is 8.60. The molecule has 0 radical (unpaired) electrons. The second-order valence-corrected chi connectivity index (χ2v) is 3.49. The lowest BCUT2D eigenvalue weighted by Crippen LogP contribution is -1.94. The van der Waals surface area contributed by atoms with Gasteiger partial charge in [0.2, 0.25) is 0 Å². The zero-order chi connectivity index (χ0) is 10.1. The molecule has 0 amide bonds. The standard InChI is InChI=1S/C10H11ClO3/c1-13-8-4-6(5-12)9(11)7-2-3-14-10(7)8/h4,12H,2-3,5H2,1H3. The Labute approximate surface area is 87.2 Å². The third-order valence-electron chi connectivity index (χ3n) is 2.34. The van der Waals surface area contributed by atoms with Gasteiger partial charge in [0.15, 0.2) is 11.5 Å². The second kappa shape index (κ2) is 3.67. The van der Waals surface area contributed by atoms with Gasteiger partial charge in [0, 0.05) is 17.5 Å². The summed E-state index contributed by atoms with van der Waals surface area (Å²) in [6.07, 6.45) is 0.776. The van der Waals surface area contributed by atoms with Crippen molar-refractivity contribution in [2.45, 2.75) is 13.0 Å². The van der Waals surface area contributed by atoms with Crippen LogP contribution in [-0.4, -0.2) is 18.8 Å². The highest BCUT2D eigenvalue weighted by atomic mass is 35.5. The van der Waals surface area contributed by atoms with Crippen molar-refractivity contribution < 1.29 is 14.6 Å². The smallest absolute Gasteiger partial charge is 0.165 e. The van der Waals surface area contributed by atoms with E-state index in [1.807, 2.05) is 0 Å². The van der Waals surface area contributed by atoms with E-state index in [2.05, 4.69) is 0 Å². The van der Waals surface area contributed by atoms with Crippen LogP contribution in [0.2, 0.25) is 5.02 Å². The molecule has 1 aromatic carbocycles. The van der Waals surface area contributed by atoms with Crippen molar-refractivity contribution in [3.63, 3.8) is 0 Å². The molecular formula is C10H11ClO3. The van der Waals surface area contributed by atoms with E-state index in [1.165, 1.54) is 0 Å². The number of aliphatic hydroxyl groups excluding tert-OH is 1. The molecule has 3 nitrogen and oxygen atoms in total. The first kappa shape index (κ1) is 9.62. The predicted molar refractivity (Wildman–Crippen MR) is 53.1 cm³/mol. The van der Waals surface area contributed by atoms with Crippen LogP contribution >= 0.6 is 11.6 Å². The lowest BCUT2D eigenvalue weighted by Gasteiger charge is -2.10. The summed E-state index contributed by atoms with van der Waals surface area (Å²) in [6, 6.07) is 1.71. The summed E-state index contributed by atoms with van der Waals surface area (Å²) in [7, 11) is 1.58. The molecule has 76 valence electrons. The molecule has 1 aromatic rings. The molecule has 4 heteroatoms. The first-order valence-corrected chi connectivity index (χ1v) is 4.77. The van der Waals surface area contributed by atoms with Crippen LogP contribution in [-0.2, 0) is 13.0 Å². The molecule has 1 heterocycles. The fraction of sp³-hybridized carbons (Fsp3) is 0.400. The van der Waals surface area contributed by atoms with Crippen LogP contribution in [0, 0.1) is 0 Å². The molecule has 0 spiro atoms. The monoisotopic (exact) mass is 214 g/mol. The van der Waals surface area contributed by atoms with Crippen LogP contribution in [0.1, 0.15) is 11.1 Å². The SMILES string of the molecule is COc1cc(CO)c(Cl)c2c1OCC2. The summed E-state index contributed by atoms with van der Waals surface area (Å²) >= 11 is 6.09. The minimum absolute atomic E-state index is 0.0809. The molecule has 2 rings (SSSR count). The van der Waals surface area contributed by atoms with Crippen LogP contribution < -0.4 is 9.47 Å². The van der Waals surface area contributed by atoms with E-state index < -0.39 is 0 Å². The summed E-state index contributed by atoms with van der Waals surface area (Å²) in [5, 5.41) is 9.69. The number of halogens is 1. The molecule has 14 heavy (non-hydrogen) atoms. The summed E-state index contributed by atoms with van der Waals surface area (Å²) in [5.41, 5.74) is 1.63. The molecule has 1 N–H and O–H groups in total. The van der Waals surface area contributed by atoms with Crippen molar-refractivity contribution in [1.29, 1.82) is 0 Å². The molecule has 1 aliphatic rings. The average molecular weight is 215 g/mol. The average Bonchev–Trinajstić information content (AvgIpc) is 2.68. The maximum Gasteiger partial charge on any atom is 0.165 e. The Balaban J connectivity index is 2.60. The molecule has 0 aliphatic carbocycles. The van der Waals surface area contributed by atoms with Gasteiger partial charge in [0.25, 0.3) is 0 Å². The minimum Gasteiger partial charge on any atom is -0.493 e. The number of fused-ring (bicyclic) bond motifs is 1. The topological polar surface area (TPSA) is 38.7 Å². The molecule has 0 saturated carbocycles. The van der Waals surface area contributed by atoms with Gasteiger partial charge >= 0.3 is 0 Å². The van der Waals surface area contributed by atoms with Gasteiger partial charge in [-0.3, -0.25) is 0 Å². The Kier molecular flexibility index (Phi) is 2.52. The summed E-state index contributed by atoms with van der Waals surface area (Å²) in [5.74, 6) is 1.36. The fourth-order valence-electron chi connectivity index (χ4n) is 1.63. The number of methoxy groups -OCH3 is 1. The van der Waals surface area contributed by atoms with Gasteiger partial charge in [-0.05, 0) is 6.07 Å². The molecule has 0 atom stereocenters. The van der Waals surface area contributed by atoms with Gasteiger partial charge in [0.05, 0.1) is 25.3 Å². The second-order valence-electron chi connectivity index (χ2n) is 3.12. The quantitative estimate of drug-likeness (QED) is 0.816. The molecule has 1 aliphatic heterocycles. The Morgan fingerprint density at radius 1 is 1.64 bits per heavy atom. The zero-order valence-electron chi connectivity index (χ0n) is 7.84. The van der Waals surface area contributed by atoms with E-state index in [1.54, 1.807) is 13.2 Å². The molecule has 0 bridgehead atoms. The minimum atomic E-state index is -0.0809. The van der Waals surface area contributed by atoms with Gasteiger partial charge in [-0.15, -0.1) is 0 Å². The number of hydrogen-bond donors (Lipinski definition) is 1. The van der Waals surface area contributed by atoms with Gasteiger partial charge < -0.3 is 14.6 Å². The number of rotatable bonds is 2. The van der Waals surface area contributed by atoms with E-state index in [9.17, 15) is 0 Å². The molecule has 0 unspecified atom stereocenters. The van der Waals surface area contributed by atoms with E-state index in [4.69, 9.17) is 26.2 Å². The van der Waals surface area contributed by atoms with Crippen molar-refractivity contribution in [3.8, 4) is 11.5 Å². The predicted octanol–water partition coefficient (Wildman–Crippen LogP) is 1.78. The third kappa shape index (κ3) is 1.33. The summed E-state index contributed by atoms with van der Waals surface area (Å²) < 4.78 is 10.6. The largest absolute Gasteiger partial charge is 0.493 e. The maximum absolute atomic E-state index is 9.09. The van der Waals surface area contributed by atoms with Crippen LogP contribution in [0.5, 0.6) is 11.5 Å².